The molecule has 9 heteroatoms. The zero-order chi connectivity index (χ0) is 27.7. The minimum atomic E-state index is -3.70. The number of aromatic nitrogens is 1. The van der Waals surface area contributed by atoms with Gasteiger partial charge in [-0.15, -0.1) is 11.8 Å². The molecule has 1 amide bonds. The SMILES string of the molecule is CSc1ccc2nc(N(Cc3ccccc3)C(=O)c3ccc(S(=O)(=O)N4CCc5ccccc5C4)cc3)sc2c1. The summed E-state index contributed by atoms with van der Waals surface area (Å²) < 4.78 is 29.4. The Labute approximate surface area is 242 Å². The second kappa shape index (κ2) is 11.2. The lowest BCUT2D eigenvalue weighted by molar-refractivity contribution is 0.0985. The highest BCUT2D eigenvalue weighted by Crippen LogP contribution is 2.33. The summed E-state index contributed by atoms with van der Waals surface area (Å²) in [6.07, 6.45) is 2.71. The molecule has 0 fully saturated rings. The van der Waals surface area contributed by atoms with E-state index in [1.165, 1.54) is 33.3 Å². The lowest BCUT2D eigenvalue weighted by atomic mass is 10.0. The topological polar surface area (TPSA) is 70.6 Å². The Hall–Kier alpha value is -3.50. The van der Waals surface area contributed by atoms with Crippen molar-refractivity contribution in [1.29, 1.82) is 0 Å². The molecule has 0 atom stereocenters. The molecular formula is C31H27N3O3S3. The van der Waals surface area contributed by atoms with E-state index < -0.39 is 10.0 Å². The Bertz CT molecular complexity index is 1790. The summed E-state index contributed by atoms with van der Waals surface area (Å²) in [5.41, 5.74) is 4.44. The van der Waals surface area contributed by atoms with Crippen LogP contribution in [0.1, 0.15) is 27.0 Å². The van der Waals surface area contributed by atoms with Gasteiger partial charge in [-0.3, -0.25) is 9.69 Å². The molecule has 0 aliphatic carbocycles. The summed E-state index contributed by atoms with van der Waals surface area (Å²) >= 11 is 3.14. The number of carbonyl (C=O) groups is 1. The zero-order valence-electron chi connectivity index (χ0n) is 21.9. The number of fused-ring (bicyclic) bond motifs is 2. The lowest BCUT2D eigenvalue weighted by Gasteiger charge is -2.28. The van der Waals surface area contributed by atoms with Crippen LogP contribution in [0, 0.1) is 0 Å². The van der Waals surface area contributed by atoms with Crippen LogP contribution in [0.5, 0.6) is 0 Å². The monoisotopic (exact) mass is 585 g/mol. The molecule has 0 radical (unpaired) electrons. The molecule has 1 aromatic heterocycles. The molecule has 40 heavy (non-hydrogen) atoms. The van der Waals surface area contributed by atoms with Crippen molar-refractivity contribution >= 4 is 54.4 Å². The number of nitrogens with zero attached hydrogens (tertiary/aromatic N) is 3. The predicted molar refractivity (Wildman–Crippen MR) is 163 cm³/mol. The minimum Gasteiger partial charge on any atom is -0.279 e. The van der Waals surface area contributed by atoms with Crippen molar-refractivity contribution in [3.63, 3.8) is 0 Å². The van der Waals surface area contributed by atoms with Crippen molar-refractivity contribution in [2.75, 3.05) is 17.7 Å². The lowest BCUT2D eigenvalue weighted by Crippen LogP contribution is -2.36. The molecule has 0 spiro atoms. The number of thioether (sulfide) groups is 1. The van der Waals surface area contributed by atoms with Gasteiger partial charge in [-0.05, 0) is 71.8 Å². The van der Waals surface area contributed by atoms with Crippen LogP contribution in [0.2, 0.25) is 0 Å². The number of hydrogen-bond donors (Lipinski definition) is 0. The van der Waals surface area contributed by atoms with Gasteiger partial charge in [-0.25, -0.2) is 13.4 Å². The van der Waals surface area contributed by atoms with Crippen LogP contribution in [0.4, 0.5) is 5.13 Å². The van der Waals surface area contributed by atoms with Gasteiger partial charge < -0.3 is 0 Å². The van der Waals surface area contributed by atoms with Gasteiger partial charge in [0.25, 0.3) is 5.91 Å². The summed E-state index contributed by atoms with van der Waals surface area (Å²) in [7, 11) is -3.70. The molecule has 5 aromatic rings. The van der Waals surface area contributed by atoms with E-state index in [9.17, 15) is 13.2 Å². The number of hydrogen-bond acceptors (Lipinski definition) is 6. The highest BCUT2D eigenvalue weighted by molar-refractivity contribution is 7.98. The molecule has 1 aliphatic heterocycles. The van der Waals surface area contributed by atoms with E-state index in [0.29, 0.717) is 36.8 Å². The van der Waals surface area contributed by atoms with Gasteiger partial charge in [-0.2, -0.15) is 4.31 Å². The van der Waals surface area contributed by atoms with Gasteiger partial charge in [0.1, 0.15) is 0 Å². The van der Waals surface area contributed by atoms with Crippen molar-refractivity contribution in [2.45, 2.75) is 29.3 Å². The number of anilines is 1. The van der Waals surface area contributed by atoms with Crippen molar-refractivity contribution in [3.05, 3.63) is 119 Å². The molecule has 0 saturated heterocycles. The summed E-state index contributed by atoms with van der Waals surface area (Å²) in [5, 5.41) is 0.603. The van der Waals surface area contributed by atoms with Gasteiger partial charge in [0.05, 0.1) is 21.7 Å². The van der Waals surface area contributed by atoms with E-state index in [0.717, 1.165) is 26.2 Å². The van der Waals surface area contributed by atoms with E-state index in [1.54, 1.807) is 28.8 Å². The third-order valence-electron chi connectivity index (χ3n) is 7.08. The summed E-state index contributed by atoms with van der Waals surface area (Å²) in [6.45, 7) is 1.13. The Kier molecular flexibility index (Phi) is 7.46. The smallest absolute Gasteiger partial charge is 0.260 e. The summed E-state index contributed by atoms with van der Waals surface area (Å²) in [6, 6.07) is 30.1. The van der Waals surface area contributed by atoms with Crippen molar-refractivity contribution < 1.29 is 13.2 Å². The van der Waals surface area contributed by atoms with E-state index in [-0.39, 0.29) is 10.8 Å². The van der Waals surface area contributed by atoms with Gasteiger partial charge in [0, 0.05) is 23.5 Å². The first-order valence-corrected chi connectivity index (χ1v) is 16.4. The maximum absolute atomic E-state index is 13.9. The standard InChI is InChI=1S/C31H27N3O3S3/c1-38-26-13-16-28-29(19-26)39-31(32-28)34(20-22-7-3-2-4-8-22)30(35)24-11-14-27(15-12-24)40(36,37)33-18-17-23-9-5-6-10-25(23)21-33/h2-16,19H,17-18,20-21H2,1H3. The van der Waals surface area contributed by atoms with Gasteiger partial charge in [0.2, 0.25) is 10.0 Å². The minimum absolute atomic E-state index is 0.183. The number of sulfonamides is 1. The van der Waals surface area contributed by atoms with Crippen LogP contribution in [0.25, 0.3) is 10.2 Å². The van der Waals surface area contributed by atoms with Crippen LogP contribution in [-0.4, -0.2) is 36.4 Å². The maximum atomic E-state index is 13.9. The predicted octanol–water partition coefficient (Wildman–Crippen LogP) is 6.61. The Morgan fingerprint density at radius 2 is 1.68 bits per heavy atom. The fourth-order valence-corrected chi connectivity index (χ4v) is 7.81. The molecule has 6 rings (SSSR count). The van der Waals surface area contributed by atoms with E-state index >= 15 is 0 Å². The molecule has 2 heterocycles. The molecule has 0 saturated carbocycles. The highest BCUT2D eigenvalue weighted by atomic mass is 32.2. The van der Waals surface area contributed by atoms with Crippen LogP contribution in [-0.2, 0) is 29.5 Å². The molecule has 1 aliphatic rings. The van der Waals surface area contributed by atoms with E-state index in [4.69, 9.17) is 4.98 Å². The second-order valence-electron chi connectivity index (χ2n) is 9.59. The van der Waals surface area contributed by atoms with Crippen molar-refractivity contribution in [3.8, 4) is 0 Å². The van der Waals surface area contributed by atoms with Crippen LogP contribution in [0.15, 0.2) is 107 Å². The molecule has 0 unspecified atom stereocenters. The molecule has 6 nitrogen and oxygen atoms in total. The van der Waals surface area contributed by atoms with Crippen molar-refractivity contribution in [2.24, 2.45) is 0 Å². The number of amides is 1. The quantitative estimate of drug-likeness (QED) is 0.201. The highest BCUT2D eigenvalue weighted by Gasteiger charge is 2.29. The summed E-state index contributed by atoms with van der Waals surface area (Å²) in [4.78, 5) is 21.6. The molecule has 4 aromatic carbocycles. The van der Waals surface area contributed by atoms with E-state index in [1.807, 2.05) is 73.0 Å². The third-order valence-corrected chi connectivity index (χ3v) is 10.7. The maximum Gasteiger partial charge on any atom is 0.260 e. The van der Waals surface area contributed by atoms with Gasteiger partial charge >= 0.3 is 0 Å². The number of rotatable bonds is 7. The molecule has 0 bridgehead atoms. The Morgan fingerprint density at radius 3 is 2.42 bits per heavy atom. The average molecular weight is 586 g/mol. The fraction of sp³-hybridized carbons (Fsp3) is 0.161. The number of thiazole rings is 1. The first kappa shape index (κ1) is 26.7. The van der Waals surface area contributed by atoms with Crippen LogP contribution >= 0.6 is 23.1 Å². The van der Waals surface area contributed by atoms with Crippen molar-refractivity contribution in [1.82, 2.24) is 9.29 Å². The molecular weight excluding hydrogens is 559 g/mol. The summed E-state index contributed by atoms with van der Waals surface area (Å²) in [5.74, 6) is -0.233. The van der Waals surface area contributed by atoms with Gasteiger partial charge in [-0.1, -0.05) is 65.9 Å². The van der Waals surface area contributed by atoms with E-state index in [2.05, 4.69) is 6.07 Å². The van der Waals surface area contributed by atoms with Gasteiger partial charge in [0.15, 0.2) is 5.13 Å². The Morgan fingerprint density at radius 1 is 0.950 bits per heavy atom. The number of benzene rings is 4. The molecule has 0 N–H and O–H groups in total. The molecule has 202 valence electrons. The largest absolute Gasteiger partial charge is 0.279 e. The van der Waals surface area contributed by atoms with Crippen LogP contribution in [0.3, 0.4) is 0 Å². The van der Waals surface area contributed by atoms with Crippen LogP contribution < -0.4 is 4.90 Å². The Balaban J connectivity index is 1.29. The second-order valence-corrected chi connectivity index (χ2v) is 13.4. The normalized spacial score (nSPS) is 13.7. The number of carbonyl (C=O) groups excluding carboxylic acids is 1. The first-order chi connectivity index (χ1) is 19.4. The fourth-order valence-electron chi connectivity index (χ4n) is 4.88. The zero-order valence-corrected chi connectivity index (χ0v) is 24.3. The first-order valence-electron chi connectivity index (χ1n) is 12.9. The third kappa shape index (κ3) is 5.30. The average Bonchev–Trinajstić information content (AvgIpc) is 3.43.